The molecule has 0 aliphatic rings. The number of rotatable bonds is 6. The molecule has 0 N–H and O–H groups in total. The van der Waals surface area contributed by atoms with Gasteiger partial charge in [-0.25, -0.2) is 0 Å². The number of hydrogen-bond donors (Lipinski definition) is 0. The summed E-state index contributed by atoms with van der Waals surface area (Å²) in [6, 6.07) is 8.46. The molecule has 0 aliphatic heterocycles. The highest BCUT2D eigenvalue weighted by atomic mass is 79.9. The van der Waals surface area contributed by atoms with Gasteiger partial charge in [0.05, 0.1) is 16.4 Å². The summed E-state index contributed by atoms with van der Waals surface area (Å²) in [5.74, 6) is 0.381. The van der Waals surface area contributed by atoms with E-state index in [0.29, 0.717) is 5.92 Å². The minimum Gasteiger partial charge on any atom is -0.268 e. The van der Waals surface area contributed by atoms with Crippen LogP contribution in [0.3, 0.4) is 0 Å². The molecule has 1 aromatic carbocycles. The molecule has 21 heavy (non-hydrogen) atoms. The van der Waals surface area contributed by atoms with Crippen LogP contribution < -0.4 is 0 Å². The molecule has 0 saturated heterocycles. The molecule has 0 radical (unpaired) electrons. The zero-order chi connectivity index (χ0) is 15.4. The number of halogens is 3. The highest BCUT2D eigenvalue weighted by Gasteiger charge is 2.19. The first-order chi connectivity index (χ1) is 10.1. The lowest BCUT2D eigenvalue weighted by Crippen LogP contribution is -2.10. The van der Waals surface area contributed by atoms with Crippen molar-refractivity contribution in [2.45, 2.75) is 39.2 Å². The Morgan fingerprint density at radius 1 is 1.33 bits per heavy atom. The van der Waals surface area contributed by atoms with Crippen molar-refractivity contribution >= 4 is 43.5 Å². The summed E-state index contributed by atoms with van der Waals surface area (Å²) in [5, 5.41) is 6.34. The van der Waals surface area contributed by atoms with E-state index < -0.39 is 0 Å². The lowest BCUT2D eigenvalue weighted by molar-refractivity contribution is 0.594. The van der Waals surface area contributed by atoms with Crippen LogP contribution in [-0.4, -0.2) is 15.1 Å². The minimum absolute atomic E-state index is 0.381. The summed E-state index contributed by atoms with van der Waals surface area (Å²) in [7, 11) is 0. The first-order valence-corrected chi connectivity index (χ1v) is 9.45. The molecule has 0 aliphatic carbocycles. The summed E-state index contributed by atoms with van der Waals surface area (Å²) < 4.78 is 3.14. The molecular formula is C16H19Br2ClN2. The van der Waals surface area contributed by atoms with Crippen LogP contribution >= 0.6 is 43.5 Å². The first kappa shape index (κ1) is 17.0. The number of hydrogen-bond acceptors (Lipinski definition) is 1. The topological polar surface area (TPSA) is 17.8 Å². The van der Waals surface area contributed by atoms with E-state index in [4.69, 9.17) is 11.6 Å². The predicted molar refractivity (Wildman–Crippen MR) is 96.7 cm³/mol. The first-order valence-electron chi connectivity index (χ1n) is 7.16. The van der Waals surface area contributed by atoms with Crippen molar-refractivity contribution in [1.29, 1.82) is 0 Å². The van der Waals surface area contributed by atoms with Crippen LogP contribution in [0.2, 0.25) is 5.02 Å². The predicted octanol–water partition coefficient (Wildman–Crippen LogP) is 5.60. The molecule has 114 valence electrons. The zero-order valence-electron chi connectivity index (χ0n) is 12.2. The van der Waals surface area contributed by atoms with E-state index >= 15 is 0 Å². The smallest absolute Gasteiger partial charge is 0.0850 e. The molecule has 5 heteroatoms. The summed E-state index contributed by atoms with van der Waals surface area (Å²) in [6.45, 7) is 5.05. The zero-order valence-corrected chi connectivity index (χ0v) is 16.2. The van der Waals surface area contributed by atoms with Crippen LogP contribution in [0.1, 0.15) is 36.7 Å². The van der Waals surface area contributed by atoms with Gasteiger partial charge in [0, 0.05) is 16.3 Å². The van der Waals surface area contributed by atoms with Crippen LogP contribution in [0.15, 0.2) is 28.7 Å². The van der Waals surface area contributed by atoms with E-state index in [2.05, 4.69) is 69.0 Å². The van der Waals surface area contributed by atoms with Crippen molar-refractivity contribution in [3.05, 3.63) is 50.7 Å². The van der Waals surface area contributed by atoms with Gasteiger partial charge in [-0.1, -0.05) is 62.5 Å². The van der Waals surface area contributed by atoms with Crippen LogP contribution in [-0.2, 0) is 19.4 Å². The monoisotopic (exact) mass is 432 g/mol. The van der Waals surface area contributed by atoms with Gasteiger partial charge in [0.15, 0.2) is 0 Å². The Labute approximate surface area is 148 Å². The average Bonchev–Trinajstić information content (AvgIpc) is 2.80. The van der Waals surface area contributed by atoms with Gasteiger partial charge < -0.3 is 0 Å². The molecule has 2 rings (SSSR count). The van der Waals surface area contributed by atoms with Gasteiger partial charge in [-0.05, 0) is 43.4 Å². The highest BCUT2D eigenvalue weighted by Crippen LogP contribution is 2.30. The van der Waals surface area contributed by atoms with Gasteiger partial charge in [-0.3, -0.25) is 4.68 Å². The van der Waals surface area contributed by atoms with E-state index in [0.717, 1.165) is 45.6 Å². The summed E-state index contributed by atoms with van der Waals surface area (Å²) in [6.07, 6.45) is 1.76. The second-order valence-corrected chi connectivity index (χ2v) is 6.93. The Kier molecular flexibility index (Phi) is 6.33. The molecule has 2 nitrogen and oxygen atoms in total. The summed E-state index contributed by atoms with van der Waals surface area (Å²) >= 11 is 13.7. The SMILES string of the molecule is CCc1nn(CC)c(CC(CBr)c2cccc(Br)c2)c1Cl. The molecule has 0 spiro atoms. The van der Waals surface area contributed by atoms with Crippen molar-refractivity contribution in [2.24, 2.45) is 0 Å². The van der Waals surface area contributed by atoms with E-state index in [1.807, 2.05) is 10.7 Å². The maximum Gasteiger partial charge on any atom is 0.0850 e. The van der Waals surface area contributed by atoms with Crippen molar-refractivity contribution in [2.75, 3.05) is 5.33 Å². The second-order valence-electron chi connectivity index (χ2n) is 4.99. The fourth-order valence-corrected chi connectivity index (χ4v) is 3.83. The molecule has 2 aromatic rings. The fourth-order valence-electron chi connectivity index (χ4n) is 2.47. The quantitative estimate of drug-likeness (QED) is 0.541. The largest absolute Gasteiger partial charge is 0.268 e. The van der Waals surface area contributed by atoms with E-state index in [1.54, 1.807) is 0 Å². The number of aryl methyl sites for hydroxylation is 2. The van der Waals surface area contributed by atoms with Crippen molar-refractivity contribution in [3.8, 4) is 0 Å². The maximum absolute atomic E-state index is 6.52. The van der Waals surface area contributed by atoms with Crippen molar-refractivity contribution in [3.63, 3.8) is 0 Å². The normalized spacial score (nSPS) is 12.6. The van der Waals surface area contributed by atoms with Crippen LogP contribution in [0.5, 0.6) is 0 Å². The Balaban J connectivity index is 2.32. The van der Waals surface area contributed by atoms with E-state index in [9.17, 15) is 0 Å². The van der Waals surface area contributed by atoms with Gasteiger partial charge in [0.2, 0.25) is 0 Å². The maximum atomic E-state index is 6.52. The fraction of sp³-hybridized carbons (Fsp3) is 0.438. The van der Waals surface area contributed by atoms with Gasteiger partial charge in [-0.2, -0.15) is 5.10 Å². The highest BCUT2D eigenvalue weighted by molar-refractivity contribution is 9.10. The van der Waals surface area contributed by atoms with Crippen molar-refractivity contribution < 1.29 is 0 Å². The minimum atomic E-state index is 0.381. The van der Waals surface area contributed by atoms with Gasteiger partial charge in [0.25, 0.3) is 0 Å². The molecule has 1 atom stereocenters. The van der Waals surface area contributed by atoms with Gasteiger partial charge in [0.1, 0.15) is 0 Å². The van der Waals surface area contributed by atoms with Crippen LogP contribution in [0, 0.1) is 0 Å². The molecule has 1 unspecified atom stereocenters. The Bertz CT molecular complexity index is 610. The standard InChI is InChI=1S/C16H19Br2ClN2/c1-3-14-16(19)15(21(4-2)20-14)9-12(10-17)11-6-5-7-13(18)8-11/h5-8,12H,3-4,9-10H2,1-2H3. The van der Waals surface area contributed by atoms with Crippen molar-refractivity contribution in [1.82, 2.24) is 9.78 Å². The third kappa shape index (κ3) is 3.91. The molecular weight excluding hydrogens is 415 g/mol. The Hall–Kier alpha value is -0.320. The summed E-state index contributed by atoms with van der Waals surface area (Å²) in [5.41, 5.74) is 3.44. The number of aromatic nitrogens is 2. The number of nitrogens with zero attached hydrogens (tertiary/aromatic N) is 2. The average molecular weight is 435 g/mol. The molecule has 0 fully saturated rings. The lowest BCUT2D eigenvalue weighted by atomic mass is 9.96. The van der Waals surface area contributed by atoms with E-state index in [-0.39, 0.29) is 0 Å². The van der Waals surface area contributed by atoms with Crippen LogP contribution in [0.4, 0.5) is 0 Å². The Morgan fingerprint density at radius 3 is 2.67 bits per heavy atom. The number of benzene rings is 1. The molecule has 0 amide bonds. The summed E-state index contributed by atoms with van der Waals surface area (Å²) in [4.78, 5) is 0. The Morgan fingerprint density at radius 2 is 2.10 bits per heavy atom. The van der Waals surface area contributed by atoms with Crippen LogP contribution in [0.25, 0.3) is 0 Å². The molecule has 1 heterocycles. The second kappa shape index (κ2) is 7.80. The van der Waals surface area contributed by atoms with Gasteiger partial charge in [-0.15, -0.1) is 0 Å². The lowest BCUT2D eigenvalue weighted by Gasteiger charge is -2.16. The van der Waals surface area contributed by atoms with E-state index in [1.165, 1.54) is 5.56 Å². The third-order valence-electron chi connectivity index (χ3n) is 3.64. The van der Waals surface area contributed by atoms with Gasteiger partial charge >= 0.3 is 0 Å². The molecule has 0 bridgehead atoms. The number of alkyl halides is 1. The molecule has 0 saturated carbocycles. The third-order valence-corrected chi connectivity index (χ3v) is 5.35. The molecule has 1 aromatic heterocycles.